The molecular weight excluding hydrogens is 539 g/mol. The lowest BCUT2D eigenvalue weighted by Crippen LogP contribution is -2.40. The lowest BCUT2D eigenvalue weighted by atomic mass is 9.94. The number of hydrogen-bond donors (Lipinski definition) is 0. The molecule has 7 heteroatoms. The number of carbonyl (C=O) groups excluding carboxylic acids is 1. The molecule has 3 aromatic rings. The standard InChI is InChI=1S/C29H26BrFN2O2S/c30-22-16-14-20(15-17-22)19-35-26-13-7-4-8-21(26)18-27-28(34)33(23-9-2-1-3-10-23)29(36-27)32-25-12-6-5-11-24(25)31/h4-8,11-18,23H,1-3,9-10,19H2/b27-18-,32-29?. The Morgan fingerprint density at radius 2 is 1.72 bits per heavy atom. The number of thioether (sulfide) groups is 1. The molecule has 0 radical (unpaired) electrons. The molecule has 0 spiro atoms. The predicted octanol–water partition coefficient (Wildman–Crippen LogP) is 8.10. The van der Waals surface area contributed by atoms with Crippen molar-refractivity contribution in [2.24, 2.45) is 4.99 Å². The van der Waals surface area contributed by atoms with E-state index in [9.17, 15) is 9.18 Å². The minimum Gasteiger partial charge on any atom is -0.488 e. The van der Waals surface area contributed by atoms with Gasteiger partial charge in [-0.2, -0.15) is 0 Å². The number of amides is 1. The molecule has 1 heterocycles. The molecule has 1 aliphatic carbocycles. The third-order valence-corrected chi connectivity index (χ3v) is 7.87. The first kappa shape index (κ1) is 24.8. The quantitative estimate of drug-likeness (QED) is 0.284. The van der Waals surface area contributed by atoms with Gasteiger partial charge in [0, 0.05) is 16.1 Å². The lowest BCUT2D eigenvalue weighted by molar-refractivity contribution is -0.124. The molecule has 184 valence electrons. The Balaban J connectivity index is 1.44. The second-order valence-corrected chi connectivity index (χ2v) is 10.8. The number of benzene rings is 3. The van der Waals surface area contributed by atoms with Crippen molar-refractivity contribution in [3.05, 3.63) is 99.1 Å². The molecular formula is C29H26BrFN2O2S. The Hall–Kier alpha value is -2.90. The summed E-state index contributed by atoms with van der Waals surface area (Å²) in [5, 5.41) is 0.538. The van der Waals surface area contributed by atoms with Crippen molar-refractivity contribution in [1.82, 2.24) is 4.90 Å². The van der Waals surface area contributed by atoms with Crippen LogP contribution < -0.4 is 4.74 Å². The second-order valence-electron chi connectivity index (χ2n) is 8.88. The largest absolute Gasteiger partial charge is 0.488 e. The van der Waals surface area contributed by atoms with Gasteiger partial charge in [0.15, 0.2) is 5.17 Å². The number of ether oxygens (including phenoxy) is 1. The molecule has 1 aliphatic heterocycles. The van der Waals surface area contributed by atoms with Crippen LogP contribution in [0.3, 0.4) is 0 Å². The summed E-state index contributed by atoms with van der Waals surface area (Å²) in [4.78, 5) is 20.6. The van der Waals surface area contributed by atoms with Gasteiger partial charge in [0.25, 0.3) is 5.91 Å². The summed E-state index contributed by atoms with van der Waals surface area (Å²) in [6.07, 6.45) is 7.07. The molecule has 1 saturated heterocycles. The maximum Gasteiger partial charge on any atom is 0.267 e. The van der Waals surface area contributed by atoms with Crippen LogP contribution in [0.1, 0.15) is 43.2 Å². The minimum atomic E-state index is -0.397. The van der Waals surface area contributed by atoms with E-state index in [1.807, 2.05) is 54.6 Å². The van der Waals surface area contributed by atoms with E-state index in [1.54, 1.807) is 23.1 Å². The molecule has 0 aromatic heterocycles. The Bertz CT molecular complexity index is 1300. The monoisotopic (exact) mass is 564 g/mol. The maximum absolute atomic E-state index is 14.4. The highest BCUT2D eigenvalue weighted by Crippen LogP contribution is 2.39. The van der Waals surface area contributed by atoms with Crippen molar-refractivity contribution >= 4 is 50.5 Å². The van der Waals surface area contributed by atoms with E-state index in [0.29, 0.717) is 22.4 Å². The van der Waals surface area contributed by atoms with Crippen molar-refractivity contribution in [3.8, 4) is 5.75 Å². The van der Waals surface area contributed by atoms with Crippen LogP contribution in [-0.2, 0) is 11.4 Å². The van der Waals surface area contributed by atoms with Crippen molar-refractivity contribution in [3.63, 3.8) is 0 Å². The van der Waals surface area contributed by atoms with Crippen LogP contribution in [0.25, 0.3) is 6.08 Å². The molecule has 2 aliphatic rings. The average Bonchev–Trinajstić information content (AvgIpc) is 3.20. The van der Waals surface area contributed by atoms with Crippen LogP contribution in [0.4, 0.5) is 10.1 Å². The summed E-state index contributed by atoms with van der Waals surface area (Å²) in [7, 11) is 0. The highest BCUT2D eigenvalue weighted by molar-refractivity contribution is 9.10. The summed E-state index contributed by atoms with van der Waals surface area (Å²) in [6.45, 7) is 0.419. The van der Waals surface area contributed by atoms with Gasteiger partial charge in [0.1, 0.15) is 23.9 Å². The van der Waals surface area contributed by atoms with Gasteiger partial charge in [-0.15, -0.1) is 0 Å². The second kappa shape index (κ2) is 11.4. The zero-order valence-corrected chi connectivity index (χ0v) is 22.1. The number of halogens is 2. The first-order valence-corrected chi connectivity index (χ1v) is 13.7. The van der Waals surface area contributed by atoms with Gasteiger partial charge in [-0.25, -0.2) is 9.38 Å². The Kier molecular flexibility index (Phi) is 7.87. The number of para-hydroxylation sites is 2. The lowest BCUT2D eigenvalue weighted by Gasteiger charge is -2.30. The Morgan fingerprint density at radius 3 is 2.50 bits per heavy atom. The summed E-state index contributed by atoms with van der Waals surface area (Å²) < 4.78 is 21.5. The maximum atomic E-state index is 14.4. The molecule has 0 bridgehead atoms. The smallest absolute Gasteiger partial charge is 0.267 e. The molecule has 0 atom stereocenters. The number of carbonyl (C=O) groups is 1. The fourth-order valence-corrected chi connectivity index (χ4v) is 5.79. The van der Waals surface area contributed by atoms with Gasteiger partial charge in [-0.1, -0.05) is 77.7 Å². The Labute approximate surface area is 223 Å². The number of rotatable bonds is 6. The van der Waals surface area contributed by atoms with Crippen LogP contribution in [0, 0.1) is 5.82 Å². The third kappa shape index (κ3) is 5.73. The topological polar surface area (TPSA) is 41.9 Å². The van der Waals surface area contributed by atoms with Crippen molar-refractivity contribution in [1.29, 1.82) is 0 Å². The van der Waals surface area contributed by atoms with Crippen LogP contribution in [-0.4, -0.2) is 22.0 Å². The summed E-state index contributed by atoms with van der Waals surface area (Å²) in [5.41, 5.74) is 2.11. The normalized spacial score (nSPS) is 18.8. The van der Waals surface area contributed by atoms with Crippen LogP contribution >= 0.6 is 27.7 Å². The average molecular weight is 566 g/mol. The van der Waals surface area contributed by atoms with Crippen LogP contribution in [0.5, 0.6) is 5.75 Å². The summed E-state index contributed by atoms with van der Waals surface area (Å²) >= 11 is 4.76. The van der Waals surface area contributed by atoms with Gasteiger partial charge in [-0.3, -0.25) is 9.69 Å². The SMILES string of the molecule is O=C1/C(=C/c2ccccc2OCc2ccc(Br)cc2)SC(=Nc2ccccc2F)N1C1CCCCC1. The van der Waals surface area contributed by atoms with Crippen molar-refractivity contribution < 1.29 is 13.9 Å². The number of nitrogens with zero attached hydrogens (tertiary/aromatic N) is 2. The molecule has 3 aromatic carbocycles. The van der Waals surface area contributed by atoms with Gasteiger partial charge in [-0.05, 0) is 66.6 Å². The molecule has 1 amide bonds. The molecule has 5 rings (SSSR count). The Morgan fingerprint density at radius 1 is 1.00 bits per heavy atom. The first-order chi connectivity index (χ1) is 17.6. The van der Waals surface area contributed by atoms with E-state index >= 15 is 0 Å². The van der Waals surface area contributed by atoms with Gasteiger partial charge in [0.2, 0.25) is 0 Å². The van der Waals surface area contributed by atoms with Crippen molar-refractivity contribution in [2.75, 3.05) is 0 Å². The third-order valence-electron chi connectivity index (χ3n) is 6.36. The molecule has 4 nitrogen and oxygen atoms in total. The minimum absolute atomic E-state index is 0.0790. The van der Waals surface area contributed by atoms with Crippen LogP contribution in [0.15, 0.2) is 87.2 Å². The highest BCUT2D eigenvalue weighted by atomic mass is 79.9. The fourth-order valence-electron chi connectivity index (χ4n) is 4.49. The predicted molar refractivity (Wildman–Crippen MR) is 148 cm³/mol. The van der Waals surface area contributed by atoms with Crippen molar-refractivity contribution in [2.45, 2.75) is 44.8 Å². The molecule has 36 heavy (non-hydrogen) atoms. The van der Waals surface area contributed by atoms with E-state index in [-0.39, 0.29) is 17.6 Å². The van der Waals surface area contributed by atoms with Gasteiger partial charge in [0.05, 0.1) is 4.91 Å². The van der Waals surface area contributed by atoms with E-state index < -0.39 is 5.82 Å². The molecule has 1 saturated carbocycles. The summed E-state index contributed by atoms with van der Waals surface area (Å²) in [6, 6.07) is 22.2. The van der Waals surface area contributed by atoms with E-state index in [2.05, 4.69) is 20.9 Å². The van der Waals surface area contributed by atoms with E-state index in [4.69, 9.17) is 4.74 Å². The van der Waals surface area contributed by atoms with Gasteiger partial charge >= 0.3 is 0 Å². The number of hydrogen-bond acceptors (Lipinski definition) is 4. The highest BCUT2D eigenvalue weighted by Gasteiger charge is 2.39. The fraction of sp³-hybridized carbons (Fsp3) is 0.241. The van der Waals surface area contributed by atoms with E-state index in [0.717, 1.165) is 41.3 Å². The van der Waals surface area contributed by atoms with Crippen LogP contribution in [0.2, 0.25) is 0 Å². The number of amidine groups is 1. The molecule has 2 fully saturated rings. The van der Waals surface area contributed by atoms with E-state index in [1.165, 1.54) is 24.2 Å². The number of aliphatic imine (C=N–C) groups is 1. The zero-order chi connectivity index (χ0) is 24.9. The van der Waals surface area contributed by atoms with Gasteiger partial charge < -0.3 is 4.74 Å². The first-order valence-electron chi connectivity index (χ1n) is 12.1. The zero-order valence-electron chi connectivity index (χ0n) is 19.7. The molecule has 0 unspecified atom stereocenters. The molecule has 0 N–H and O–H groups in total. The summed E-state index contributed by atoms with van der Waals surface area (Å²) in [5.74, 6) is 0.223.